The average molecular weight is 262 g/mol. The second kappa shape index (κ2) is 4.15. The maximum atomic E-state index is 12.3. The summed E-state index contributed by atoms with van der Waals surface area (Å²) in [6, 6.07) is 3.02. The first kappa shape index (κ1) is 13.2. The fourth-order valence-corrected chi connectivity index (χ4v) is 2.09. The third kappa shape index (κ3) is 1.63. The van der Waals surface area contributed by atoms with Crippen LogP contribution in [0.25, 0.3) is 0 Å². The van der Waals surface area contributed by atoms with E-state index in [2.05, 4.69) is 4.98 Å². The molecule has 1 atom stereocenters. The quantitative estimate of drug-likeness (QED) is 0.826. The molecule has 0 radical (unpaired) electrons. The molecule has 1 aromatic heterocycles. The van der Waals surface area contributed by atoms with Gasteiger partial charge in [-0.1, -0.05) is 13.8 Å². The molecule has 6 heteroatoms. The smallest absolute Gasteiger partial charge is 0.330 e. The van der Waals surface area contributed by atoms with Gasteiger partial charge in [-0.2, -0.15) is 0 Å². The maximum absolute atomic E-state index is 12.3. The van der Waals surface area contributed by atoms with Crippen LogP contribution in [0.5, 0.6) is 0 Å². The summed E-state index contributed by atoms with van der Waals surface area (Å²) >= 11 is 0. The first-order chi connectivity index (χ1) is 8.81. The number of aromatic nitrogens is 1. The van der Waals surface area contributed by atoms with Gasteiger partial charge in [-0.05, 0) is 25.0 Å². The van der Waals surface area contributed by atoms with Crippen LogP contribution in [-0.4, -0.2) is 38.3 Å². The summed E-state index contributed by atoms with van der Waals surface area (Å²) in [4.78, 5) is 40.7. The molecule has 0 bridgehead atoms. The largest absolute Gasteiger partial charge is 0.479 e. The first-order valence-corrected chi connectivity index (χ1v) is 5.89. The molecule has 2 amide bonds. The number of pyridine rings is 1. The monoisotopic (exact) mass is 262 g/mol. The Morgan fingerprint density at radius 3 is 2.47 bits per heavy atom. The molecule has 1 unspecified atom stereocenters. The fourth-order valence-electron chi connectivity index (χ4n) is 2.09. The highest BCUT2D eigenvalue weighted by Gasteiger charge is 2.53. The second-order valence-electron chi connectivity index (χ2n) is 4.95. The summed E-state index contributed by atoms with van der Waals surface area (Å²) in [5, 5.41) is 9.41. The van der Waals surface area contributed by atoms with E-state index in [4.69, 9.17) is 0 Å². The van der Waals surface area contributed by atoms with Gasteiger partial charge in [0.25, 0.3) is 11.8 Å². The van der Waals surface area contributed by atoms with Crippen LogP contribution in [0.1, 0.15) is 41.6 Å². The van der Waals surface area contributed by atoms with Crippen molar-refractivity contribution in [1.29, 1.82) is 0 Å². The number of imide groups is 1. The van der Waals surface area contributed by atoms with Gasteiger partial charge in [-0.15, -0.1) is 0 Å². The predicted molar refractivity (Wildman–Crippen MR) is 65.6 cm³/mol. The summed E-state index contributed by atoms with van der Waals surface area (Å²) in [6.45, 7) is 4.69. The number of amides is 2. The molecule has 1 N–H and O–H groups in total. The number of rotatable bonds is 3. The minimum Gasteiger partial charge on any atom is -0.479 e. The van der Waals surface area contributed by atoms with E-state index in [-0.39, 0.29) is 11.3 Å². The second-order valence-corrected chi connectivity index (χ2v) is 4.95. The van der Waals surface area contributed by atoms with E-state index in [1.54, 1.807) is 19.9 Å². The number of hydrogen-bond acceptors (Lipinski definition) is 4. The molecule has 2 rings (SSSR count). The van der Waals surface area contributed by atoms with Crippen LogP contribution in [0.2, 0.25) is 0 Å². The summed E-state index contributed by atoms with van der Waals surface area (Å²) in [5.41, 5.74) is -1.42. The van der Waals surface area contributed by atoms with Gasteiger partial charge in [0.05, 0.1) is 5.56 Å². The molecule has 0 spiro atoms. The molecule has 0 saturated heterocycles. The molecule has 1 aliphatic rings. The molecule has 0 fully saturated rings. The molecule has 100 valence electrons. The van der Waals surface area contributed by atoms with Crippen molar-refractivity contribution in [3.05, 3.63) is 29.6 Å². The molecule has 19 heavy (non-hydrogen) atoms. The van der Waals surface area contributed by atoms with Gasteiger partial charge in [-0.25, -0.2) is 4.79 Å². The normalized spacial score (nSPS) is 17.6. The van der Waals surface area contributed by atoms with Crippen molar-refractivity contribution in [2.75, 3.05) is 0 Å². The van der Waals surface area contributed by atoms with Crippen LogP contribution in [0, 0.1) is 5.92 Å². The Hall–Kier alpha value is -2.24. The number of carboxylic acids is 1. The van der Waals surface area contributed by atoms with E-state index < -0.39 is 29.2 Å². The van der Waals surface area contributed by atoms with E-state index in [0.29, 0.717) is 0 Å². The van der Waals surface area contributed by atoms with Crippen molar-refractivity contribution in [1.82, 2.24) is 9.88 Å². The SMILES string of the molecule is CC(C)C(C)(C(=O)O)N1C(=O)c2cccnc2C1=O. The highest BCUT2D eigenvalue weighted by Crippen LogP contribution is 2.33. The Labute approximate surface area is 110 Å². The van der Waals surface area contributed by atoms with Gasteiger partial charge in [0.15, 0.2) is 0 Å². The van der Waals surface area contributed by atoms with Crippen LogP contribution < -0.4 is 0 Å². The number of carbonyl (C=O) groups is 3. The van der Waals surface area contributed by atoms with Crippen LogP contribution in [0.15, 0.2) is 18.3 Å². The molecular formula is C13H14N2O4. The van der Waals surface area contributed by atoms with Crippen molar-refractivity contribution < 1.29 is 19.5 Å². The molecule has 0 aliphatic carbocycles. The lowest BCUT2D eigenvalue weighted by Gasteiger charge is -2.36. The van der Waals surface area contributed by atoms with Gasteiger partial charge in [0.2, 0.25) is 0 Å². The van der Waals surface area contributed by atoms with Crippen molar-refractivity contribution in [2.45, 2.75) is 26.3 Å². The summed E-state index contributed by atoms with van der Waals surface area (Å²) < 4.78 is 0. The number of carboxylic acid groups (broad SMARTS) is 1. The molecule has 0 saturated carbocycles. The Kier molecular flexibility index (Phi) is 2.88. The standard InChI is InChI=1S/C13H14N2O4/c1-7(2)13(3,12(18)19)15-10(16)8-5-4-6-14-9(8)11(15)17/h4-7H,1-3H3,(H,18,19). The lowest BCUT2D eigenvalue weighted by molar-refractivity contribution is -0.150. The Balaban J connectivity index is 2.58. The summed E-state index contributed by atoms with van der Waals surface area (Å²) in [5.74, 6) is -2.89. The Morgan fingerprint density at radius 2 is 2.00 bits per heavy atom. The highest BCUT2D eigenvalue weighted by molar-refractivity contribution is 6.22. The lowest BCUT2D eigenvalue weighted by atomic mass is 9.86. The lowest BCUT2D eigenvalue weighted by Crippen LogP contribution is -2.58. The maximum Gasteiger partial charge on any atom is 0.330 e. The fraction of sp³-hybridized carbons (Fsp3) is 0.385. The third-order valence-corrected chi connectivity index (χ3v) is 3.67. The van der Waals surface area contributed by atoms with Gasteiger partial charge in [-0.3, -0.25) is 19.5 Å². The van der Waals surface area contributed by atoms with E-state index >= 15 is 0 Å². The van der Waals surface area contributed by atoms with E-state index in [0.717, 1.165) is 4.90 Å². The number of aliphatic carboxylic acids is 1. The zero-order valence-electron chi connectivity index (χ0n) is 10.9. The zero-order chi connectivity index (χ0) is 14.4. The van der Waals surface area contributed by atoms with Crippen LogP contribution in [-0.2, 0) is 4.79 Å². The van der Waals surface area contributed by atoms with Crippen LogP contribution in [0.3, 0.4) is 0 Å². The molecule has 6 nitrogen and oxygen atoms in total. The zero-order valence-corrected chi connectivity index (χ0v) is 10.9. The number of hydrogen-bond donors (Lipinski definition) is 1. The van der Waals surface area contributed by atoms with E-state index in [1.165, 1.54) is 19.2 Å². The molecular weight excluding hydrogens is 248 g/mol. The minimum atomic E-state index is -1.59. The highest BCUT2D eigenvalue weighted by atomic mass is 16.4. The van der Waals surface area contributed by atoms with Gasteiger partial charge < -0.3 is 5.11 Å². The predicted octanol–water partition coefficient (Wildman–Crippen LogP) is 1.18. The summed E-state index contributed by atoms with van der Waals surface area (Å²) in [7, 11) is 0. The number of nitrogens with zero attached hydrogens (tertiary/aromatic N) is 2. The third-order valence-electron chi connectivity index (χ3n) is 3.67. The topological polar surface area (TPSA) is 87.6 Å². The van der Waals surface area contributed by atoms with Gasteiger partial charge in [0, 0.05) is 6.20 Å². The van der Waals surface area contributed by atoms with E-state index in [9.17, 15) is 19.5 Å². The van der Waals surface area contributed by atoms with E-state index in [1.807, 2.05) is 0 Å². The van der Waals surface area contributed by atoms with Crippen molar-refractivity contribution in [3.8, 4) is 0 Å². The van der Waals surface area contributed by atoms with Crippen molar-refractivity contribution in [3.63, 3.8) is 0 Å². The van der Waals surface area contributed by atoms with Crippen molar-refractivity contribution >= 4 is 17.8 Å². The van der Waals surface area contributed by atoms with Crippen molar-refractivity contribution in [2.24, 2.45) is 5.92 Å². The molecule has 1 aromatic rings. The van der Waals surface area contributed by atoms with Crippen LogP contribution in [0.4, 0.5) is 0 Å². The Morgan fingerprint density at radius 1 is 1.37 bits per heavy atom. The minimum absolute atomic E-state index is 0.0145. The average Bonchev–Trinajstić information content (AvgIpc) is 2.61. The van der Waals surface area contributed by atoms with Crippen LogP contribution >= 0.6 is 0 Å². The Bertz CT molecular complexity index is 547. The first-order valence-electron chi connectivity index (χ1n) is 5.89. The van der Waals surface area contributed by atoms with Gasteiger partial charge >= 0.3 is 5.97 Å². The van der Waals surface area contributed by atoms with Gasteiger partial charge in [0.1, 0.15) is 11.2 Å². The molecule has 1 aliphatic heterocycles. The molecule has 2 heterocycles. The number of fused-ring (bicyclic) bond motifs is 1. The molecule has 0 aromatic carbocycles. The summed E-state index contributed by atoms with van der Waals surface area (Å²) in [6.07, 6.45) is 1.40. The number of carbonyl (C=O) groups excluding carboxylic acids is 2.